The van der Waals surface area contributed by atoms with Crippen molar-refractivity contribution in [2.45, 2.75) is 43.7 Å². The number of pyridine rings is 1. The number of piperidine rings is 1. The number of imidazole rings is 1. The van der Waals surface area contributed by atoms with Crippen LogP contribution in [0.1, 0.15) is 49.6 Å². The molecule has 1 unspecified atom stereocenters. The SMILES string of the molecule is CSc1cccc(C(C)Oc2cc(/C(=N/N)C(C)=NC3CCN(C#N)CC3)cc3ncc(C#N)n23)c1. The van der Waals surface area contributed by atoms with E-state index in [1.54, 1.807) is 21.1 Å². The highest BCUT2D eigenvalue weighted by Crippen LogP contribution is 2.28. The van der Waals surface area contributed by atoms with Crippen LogP contribution in [0.2, 0.25) is 0 Å². The molecule has 0 aliphatic carbocycles. The van der Waals surface area contributed by atoms with E-state index < -0.39 is 0 Å². The minimum Gasteiger partial charge on any atom is -0.471 e. The summed E-state index contributed by atoms with van der Waals surface area (Å²) >= 11 is 1.67. The normalized spacial score (nSPS) is 16.0. The number of thioether (sulfide) groups is 1. The molecule has 0 saturated carbocycles. The van der Waals surface area contributed by atoms with Gasteiger partial charge in [-0.05, 0) is 56.7 Å². The maximum absolute atomic E-state index is 9.64. The first-order valence-electron chi connectivity index (χ1n) is 11.7. The highest BCUT2D eigenvalue weighted by Gasteiger charge is 2.21. The summed E-state index contributed by atoms with van der Waals surface area (Å²) in [4.78, 5) is 12.2. The van der Waals surface area contributed by atoms with E-state index in [2.05, 4.69) is 34.5 Å². The average molecular weight is 501 g/mol. The molecule has 2 aromatic heterocycles. The molecule has 0 amide bonds. The van der Waals surface area contributed by atoms with Crippen LogP contribution in [0.3, 0.4) is 0 Å². The molecule has 10 heteroatoms. The maximum Gasteiger partial charge on any atom is 0.201 e. The largest absolute Gasteiger partial charge is 0.471 e. The van der Waals surface area contributed by atoms with E-state index in [0.717, 1.165) is 23.3 Å². The molecule has 0 bridgehead atoms. The minimum atomic E-state index is -0.275. The van der Waals surface area contributed by atoms with Crippen LogP contribution < -0.4 is 10.6 Å². The summed E-state index contributed by atoms with van der Waals surface area (Å²) in [5.74, 6) is 6.30. The summed E-state index contributed by atoms with van der Waals surface area (Å²) in [5.41, 5.74) is 3.89. The lowest BCUT2D eigenvalue weighted by molar-refractivity contribution is 0.214. The molecule has 1 aliphatic heterocycles. The van der Waals surface area contributed by atoms with Crippen LogP contribution in [0.5, 0.6) is 5.88 Å². The molecule has 1 aromatic carbocycles. The van der Waals surface area contributed by atoms with E-state index >= 15 is 0 Å². The van der Waals surface area contributed by atoms with Crippen LogP contribution in [-0.4, -0.2) is 51.1 Å². The van der Waals surface area contributed by atoms with Gasteiger partial charge in [0.15, 0.2) is 6.19 Å². The van der Waals surface area contributed by atoms with Crippen LogP contribution in [0, 0.1) is 22.8 Å². The maximum atomic E-state index is 9.64. The number of aromatic nitrogens is 2. The molecule has 2 N–H and O–H groups in total. The Morgan fingerprint density at radius 3 is 2.69 bits per heavy atom. The highest BCUT2D eigenvalue weighted by molar-refractivity contribution is 7.98. The molecule has 36 heavy (non-hydrogen) atoms. The van der Waals surface area contributed by atoms with Crippen LogP contribution in [0.25, 0.3) is 5.65 Å². The third-order valence-electron chi connectivity index (χ3n) is 6.28. The van der Waals surface area contributed by atoms with Gasteiger partial charge < -0.3 is 15.5 Å². The lowest BCUT2D eigenvalue weighted by Crippen LogP contribution is -2.32. The number of hydrazone groups is 1. The summed E-state index contributed by atoms with van der Waals surface area (Å²) in [6.45, 7) is 5.24. The van der Waals surface area contributed by atoms with Gasteiger partial charge in [0, 0.05) is 29.6 Å². The average Bonchev–Trinajstić information content (AvgIpc) is 3.33. The molecule has 9 nitrogen and oxygen atoms in total. The highest BCUT2D eigenvalue weighted by atomic mass is 32.2. The van der Waals surface area contributed by atoms with Crippen molar-refractivity contribution in [2.24, 2.45) is 15.9 Å². The van der Waals surface area contributed by atoms with Gasteiger partial charge in [0.1, 0.15) is 29.2 Å². The number of benzene rings is 1. The molecular weight excluding hydrogens is 472 g/mol. The number of nitrogens with zero attached hydrogens (tertiary/aromatic N) is 7. The number of aliphatic imine (C=N–C) groups is 1. The van der Waals surface area contributed by atoms with Crippen molar-refractivity contribution < 1.29 is 4.74 Å². The molecular formula is C26H28N8OS. The second kappa shape index (κ2) is 11.1. The van der Waals surface area contributed by atoms with Crippen molar-refractivity contribution in [3.05, 3.63) is 59.4 Å². The number of nitrogens with two attached hydrogens (primary N) is 1. The van der Waals surface area contributed by atoms with Gasteiger partial charge in [0.25, 0.3) is 0 Å². The first-order valence-corrected chi connectivity index (χ1v) is 12.9. The predicted octanol–water partition coefficient (Wildman–Crippen LogP) is 4.14. The van der Waals surface area contributed by atoms with Crippen molar-refractivity contribution in [2.75, 3.05) is 19.3 Å². The fraction of sp³-hybridized carbons (Fsp3) is 0.346. The van der Waals surface area contributed by atoms with Gasteiger partial charge in [0.2, 0.25) is 5.88 Å². The Hall–Kier alpha value is -4.02. The monoisotopic (exact) mass is 500 g/mol. The number of hydrogen-bond donors (Lipinski definition) is 1. The molecule has 3 aromatic rings. The quantitative estimate of drug-likeness (QED) is 0.170. The van der Waals surface area contributed by atoms with E-state index in [-0.39, 0.29) is 12.1 Å². The Morgan fingerprint density at radius 2 is 2.03 bits per heavy atom. The topological polar surface area (TPSA) is 128 Å². The first-order chi connectivity index (χ1) is 17.5. The predicted molar refractivity (Wildman–Crippen MR) is 141 cm³/mol. The van der Waals surface area contributed by atoms with Crippen molar-refractivity contribution >= 4 is 28.8 Å². The molecule has 1 saturated heterocycles. The van der Waals surface area contributed by atoms with Gasteiger partial charge in [-0.1, -0.05) is 12.1 Å². The lowest BCUT2D eigenvalue weighted by atomic mass is 10.0. The number of ether oxygens (including phenoxy) is 1. The molecule has 184 valence electrons. The molecule has 1 fully saturated rings. The molecule has 4 rings (SSSR count). The Balaban J connectivity index is 1.69. The van der Waals surface area contributed by atoms with Gasteiger partial charge in [-0.2, -0.15) is 15.6 Å². The van der Waals surface area contributed by atoms with E-state index in [1.807, 2.05) is 44.4 Å². The van der Waals surface area contributed by atoms with Crippen molar-refractivity contribution in [1.82, 2.24) is 14.3 Å². The fourth-order valence-corrected chi connectivity index (χ4v) is 4.80. The lowest BCUT2D eigenvalue weighted by Gasteiger charge is -2.26. The molecule has 0 radical (unpaired) electrons. The van der Waals surface area contributed by atoms with Crippen molar-refractivity contribution in [1.29, 1.82) is 10.5 Å². The molecule has 1 aliphatic rings. The number of nitriles is 2. The van der Waals surface area contributed by atoms with E-state index in [4.69, 9.17) is 20.8 Å². The van der Waals surface area contributed by atoms with Crippen LogP contribution in [0.4, 0.5) is 0 Å². The first kappa shape index (κ1) is 25.1. The number of hydrogen-bond acceptors (Lipinski definition) is 9. The Labute approximate surface area is 214 Å². The second-order valence-electron chi connectivity index (χ2n) is 8.58. The molecule has 1 atom stereocenters. The number of likely N-dealkylation sites (tertiary alicyclic amines) is 1. The summed E-state index contributed by atoms with van der Waals surface area (Å²) in [6, 6.07) is 14.1. The Kier molecular flexibility index (Phi) is 7.77. The Morgan fingerprint density at radius 1 is 1.25 bits per heavy atom. The smallest absolute Gasteiger partial charge is 0.201 e. The Bertz CT molecular complexity index is 1390. The number of rotatable bonds is 7. The van der Waals surface area contributed by atoms with Crippen LogP contribution >= 0.6 is 11.8 Å². The zero-order valence-corrected chi connectivity index (χ0v) is 21.4. The van der Waals surface area contributed by atoms with Crippen LogP contribution in [-0.2, 0) is 0 Å². The molecule has 3 heterocycles. The van der Waals surface area contributed by atoms with Gasteiger partial charge in [0.05, 0.1) is 18.0 Å². The second-order valence-corrected chi connectivity index (χ2v) is 9.46. The van der Waals surface area contributed by atoms with E-state index in [0.29, 0.717) is 47.3 Å². The zero-order chi connectivity index (χ0) is 25.7. The summed E-state index contributed by atoms with van der Waals surface area (Å²) in [7, 11) is 0. The number of fused-ring (bicyclic) bond motifs is 1. The fourth-order valence-electron chi connectivity index (χ4n) is 4.33. The summed E-state index contributed by atoms with van der Waals surface area (Å²) < 4.78 is 8.09. The summed E-state index contributed by atoms with van der Waals surface area (Å²) in [6.07, 6.45) is 7.08. The van der Waals surface area contributed by atoms with E-state index in [9.17, 15) is 5.26 Å². The van der Waals surface area contributed by atoms with E-state index in [1.165, 1.54) is 6.20 Å². The summed E-state index contributed by atoms with van der Waals surface area (Å²) in [5, 5.41) is 22.8. The van der Waals surface area contributed by atoms with Crippen molar-refractivity contribution in [3.8, 4) is 18.1 Å². The molecule has 0 spiro atoms. The van der Waals surface area contributed by atoms with Gasteiger partial charge >= 0.3 is 0 Å². The van der Waals surface area contributed by atoms with Gasteiger partial charge in [-0.25, -0.2) is 4.98 Å². The van der Waals surface area contributed by atoms with Gasteiger partial charge in [-0.3, -0.25) is 9.39 Å². The zero-order valence-electron chi connectivity index (χ0n) is 20.5. The van der Waals surface area contributed by atoms with Gasteiger partial charge in [-0.15, -0.1) is 11.8 Å². The minimum absolute atomic E-state index is 0.103. The van der Waals surface area contributed by atoms with Crippen molar-refractivity contribution in [3.63, 3.8) is 0 Å². The third kappa shape index (κ3) is 5.29. The van der Waals surface area contributed by atoms with Crippen LogP contribution in [0.15, 0.2) is 57.6 Å². The third-order valence-corrected chi connectivity index (χ3v) is 7.00. The standard InChI is InChI=1S/C26H28N8OS/c1-17(31-21-7-9-33(16-28)10-8-21)26(32-29)20-12-24-30-15-22(14-27)34(24)25(13-20)35-18(2)19-5-4-6-23(11-19)36-3/h4-6,11-13,15,18,21H,7-10,29H2,1-3H3/b31-17?,32-26+.